The highest BCUT2D eigenvalue weighted by atomic mass is 18.2. The van der Waals surface area contributed by atoms with Crippen LogP contribution in [0.2, 0.25) is 0 Å². The fraction of sp³-hybridized carbons (Fsp3) is 0.714. The number of carboxylic acids is 1. The third kappa shape index (κ3) is 3.43. The minimum absolute atomic E-state index is 0.138. The molecule has 0 amide bonds. The van der Waals surface area contributed by atoms with Crippen molar-refractivity contribution >= 4 is 11.8 Å². The van der Waals surface area contributed by atoms with Gasteiger partial charge in [-0.05, 0) is 13.3 Å². The lowest BCUT2D eigenvalue weighted by molar-refractivity contribution is -0.139. The van der Waals surface area contributed by atoms with Crippen molar-refractivity contribution in [2.24, 2.45) is 11.7 Å². The standard InChI is InChI=1S/C7H12FNO3/c1-4(10)5(3-8)2-6(9)7(11)12/h5-6H,2-3,9H2,1H3,(H,11,12)/t5-,6?/m1/s1/i8-1. The van der Waals surface area contributed by atoms with Gasteiger partial charge in [-0.25, -0.2) is 0 Å². The van der Waals surface area contributed by atoms with E-state index in [2.05, 4.69) is 0 Å². The van der Waals surface area contributed by atoms with Crippen LogP contribution in [0.3, 0.4) is 0 Å². The Kier molecular flexibility index (Phi) is 4.43. The average Bonchev–Trinajstić information content (AvgIpc) is 1.98. The van der Waals surface area contributed by atoms with Crippen LogP contribution in [0.5, 0.6) is 0 Å². The molecule has 3 N–H and O–H groups in total. The zero-order valence-electron chi connectivity index (χ0n) is 6.79. The predicted molar refractivity (Wildman–Crippen MR) is 40.4 cm³/mol. The number of carbonyl (C=O) groups excluding carboxylic acids is 1. The summed E-state index contributed by atoms with van der Waals surface area (Å²) < 4.78 is 12.1. The third-order valence-electron chi connectivity index (χ3n) is 1.62. The Morgan fingerprint density at radius 3 is 2.33 bits per heavy atom. The maximum Gasteiger partial charge on any atom is 0.320 e. The number of nitrogens with two attached hydrogens (primary N) is 1. The molecule has 0 saturated carbocycles. The number of alkyl halides is 1. The number of Topliss-reactive ketones (excluding diaryl/α,β-unsaturated/α-hetero) is 1. The highest BCUT2D eigenvalue weighted by Gasteiger charge is 2.21. The number of rotatable bonds is 5. The SMILES string of the molecule is CC(=O)[C@@H](C[18F])CC(N)C(=O)O. The summed E-state index contributed by atoms with van der Waals surface area (Å²) in [6.45, 7) is 0.370. The maximum absolute atomic E-state index is 12.1. The van der Waals surface area contributed by atoms with Gasteiger partial charge in [0.05, 0.1) is 6.67 Å². The minimum atomic E-state index is -1.21. The molecule has 0 aromatic heterocycles. The van der Waals surface area contributed by atoms with E-state index in [-0.39, 0.29) is 12.2 Å². The van der Waals surface area contributed by atoms with Gasteiger partial charge < -0.3 is 10.8 Å². The van der Waals surface area contributed by atoms with Crippen LogP contribution >= 0.6 is 0 Å². The Bertz CT molecular complexity index is 183. The van der Waals surface area contributed by atoms with Crippen LogP contribution in [0.1, 0.15) is 13.3 Å². The fourth-order valence-corrected chi connectivity index (χ4v) is 0.745. The molecule has 0 spiro atoms. The molecule has 0 heterocycles. The van der Waals surface area contributed by atoms with E-state index in [0.717, 1.165) is 0 Å². The second-order valence-electron chi connectivity index (χ2n) is 2.64. The zero-order chi connectivity index (χ0) is 9.72. The number of carboxylic acid groups (broad SMARTS) is 1. The van der Waals surface area contributed by atoms with Crippen molar-refractivity contribution in [3.05, 3.63) is 0 Å². The maximum atomic E-state index is 12.1. The minimum Gasteiger partial charge on any atom is -0.480 e. The molecule has 0 bridgehead atoms. The number of ketones is 1. The van der Waals surface area contributed by atoms with Crippen molar-refractivity contribution in [3.8, 4) is 0 Å². The molecule has 4 nitrogen and oxygen atoms in total. The quantitative estimate of drug-likeness (QED) is 0.616. The van der Waals surface area contributed by atoms with E-state index in [4.69, 9.17) is 10.8 Å². The summed E-state index contributed by atoms with van der Waals surface area (Å²) in [5.74, 6) is -2.46. The van der Waals surface area contributed by atoms with Crippen molar-refractivity contribution in [1.82, 2.24) is 0 Å². The zero-order valence-corrected chi connectivity index (χ0v) is 6.79. The van der Waals surface area contributed by atoms with E-state index < -0.39 is 24.6 Å². The van der Waals surface area contributed by atoms with Crippen LogP contribution in [0, 0.1) is 5.92 Å². The van der Waals surface area contributed by atoms with Crippen LogP contribution in [-0.2, 0) is 9.59 Å². The van der Waals surface area contributed by atoms with Crippen molar-refractivity contribution in [2.45, 2.75) is 19.4 Å². The fourth-order valence-electron chi connectivity index (χ4n) is 0.745. The van der Waals surface area contributed by atoms with Gasteiger partial charge in [0.25, 0.3) is 0 Å². The van der Waals surface area contributed by atoms with Gasteiger partial charge in [-0.1, -0.05) is 0 Å². The second kappa shape index (κ2) is 4.82. The first-order valence-electron chi connectivity index (χ1n) is 3.53. The Labute approximate surface area is 69.6 Å². The van der Waals surface area contributed by atoms with Crippen LogP contribution in [0.15, 0.2) is 0 Å². The molecule has 1 unspecified atom stereocenters. The molecule has 0 aromatic rings. The molecule has 0 saturated heterocycles. The highest BCUT2D eigenvalue weighted by Crippen LogP contribution is 2.07. The van der Waals surface area contributed by atoms with Crippen molar-refractivity contribution < 1.29 is 19.1 Å². The summed E-state index contributed by atoms with van der Waals surface area (Å²) >= 11 is 0. The molecule has 70 valence electrons. The molecule has 0 aromatic carbocycles. The Hall–Kier alpha value is -0.970. The van der Waals surface area contributed by atoms with E-state index in [9.17, 15) is 14.0 Å². The Morgan fingerprint density at radius 1 is 1.58 bits per heavy atom. The Morgan fingerprint density at radius 2 is 2.08 bits per heavy atom. The topological polar surface area (TPSA) is 80.4 Å². The normalized spacial score (nSPS) is 15.2. The van der Waals surface area contributed by atoms with Crippen molar-refractivity contribution in [1.29, 1.82) is 0 Å². The summed E-state index contributed by atoms with van der Waals surface area (Å²) in [4.78, 5) is 20.9. The third-order valence-corrected chi connectivity index (χ3v) is 1.62. The molecular formula is C7H12FNO3. The predicted octanol–water partition coefficient (Wildman–Crippen LogP) is -0.0369. The van der Waals surface area contributed by atoms with E-state index in [0.29, 0.717) is 0 Å². The highest BCUT2D eigenvalue weighted by molar-refractivity contribution is 5.80. The lowest BCUT2D eigenvalue weighted by Crippen LogP contribution is -2.34. The summed E-state index contributed by atoms with van der Waals surface area (Å²) in [5, 5.41) is 8.35. The molecule has 12 heavy (non-hydrogen) atoms. The number of carbonyl (C=O) groups is 2. The Balaban J connectivity index is 4.02. The molecule has 0 fully saturated rings. The van der Waals surface area contributed by atoms with Gasteiger partial charge in [-0.2, -0.15) is 0 Å². The summed E-state index contributed by atoms with van der Waals surface area (Å²) in [6.07, 6.45) is -0.138. The smallest absolute Gasteiger partial charge is 0.320 e. The van der Waals surface area contributed by atoms with Gasteiger partial charge in [0.1, 0.15) is 11.8 Å². The molecular weight excluding hydrogens is 164 g/mol. The van der Waals surface area contributed by atoms with Gasteiger partial charge in [-0.3, -0.25) is 14.0 Å². The van der Waals surface area contributed by atoms with Gasteiger partial charge in [-0.15, -0.1) is 0 Å². The molecule has 0 aliphatic heterocycles. The van der Waals surface area contributed by atoms with E-state index in [1.807, 2.05) is 0 Å². The van der Waals surface area contributed by atoms with E-state index >= 15 is 0 Å². The molecule has 0 radical (unpaired) electrons. The first kappa shape index (κ1) is 11.0. The molecule has 0 rings (SSSR count). The number of hydrogen-bond donors (Lipinski definition) is 2. The van der Waals surface area contributed by atoms with Gasteiger partial charge in [0.15, 0.2) is 0 Å². The largest absolute Gasteiger partial charge is 0.480 e. The lowest BCUT2D eigenvalue weighted by Gasteiger charge is -2.11. The van der Waals surface area contributed by atoms with Crippen LogP contribution in [0.4, 0.5) is 4.39 Å². The average molecular weight is 176 g/mol. The molecule has 0 aliphatic carbocycles. The van der Waals surface area contributed by atoms with Gasteiger partial charge in [0.2, 0.25) is 0 Å². The van der Waals surface area contributed by atoms with Crippen LogP contribution in [-0.4, -0.2) is 29.6 Å². The first-order valence-corrected chi connectivity index (χ1v) is 3.53. The summed E-state index contributed by atoms with van der Waals surface area (Å²) in [6, 6.07) is -1.16. The van der Waals surface area contributed by atoms with E-state index in [1.165, 1.54) is 6.92 Å². The lowest BCUT2D eigenvalue weighted by atomic mass is 9.98. The van der Waals surface area contributed by atoms with Crippen LogP contribution < -0.4 is 5.73 Å². The van der Waals surface area contributed by atoms with Crippen molar-refractivity contribution in [2.75, 3.05) is 6.67 Å². The summed E-state index contributed by atoms with van der Waals surface area (Å²) in [5.41, 5.74) is 5.11. The molecule has 0 aliphatic rings. The number of halogens is 1. The van der Waals surface area contributed by atoms with Crippen LogP contribution in [0.25, 0.3) is 0 Å². The second-order valence-corrected chi connectivity index (χ2v) is 2.64. The monoisotopic (exact) mass is 176 g/mol. The summed E-state index contributed by atoms with van der Waals surface area (Å²) in [7, 11) is 0. The van der Waals surface area contributed by atoms with E-state index in [1.54, 1.807) is 0 Å². The van der Waals surface area contributed by atoms with Gasteiger partial charge >= 0.3 is 5.97 Å². The number of aliphatic carboxylic acids is 1. The molecule has 2 atom stereocenters. The molecule has 5 heteroatoms. The number of hydrogen-bond acceptors (Lipinski definition) is 3. The van der Waals surface area contributed by atoms with Gasteiger partial charge in [0, 0.05) is 5.92 Å². The first-order chi connectivity index (χ1) is 5.49. The van der Waals surface area contributed by atoms with Crippen molar-refractivity contribution in [3.63, 3.8) is 0 Å².